The van der Waals surface area contributed by atoms with E-state index in [1.54, 1.807) is 6.07 Å². The summed E-state index contributed by atoms with van der Waals surface area (Å²) in [7, 11) is 0. The molecule has 0 aliphatic rings. The highest BCUT2D eigenvalue weighted by Crippen LogP contribution is 2.25. The first kappa shape index (κ1) is 12.5. The van der Waals surface area contributed by atoms with Gasteiger partial charge in [-0.1, -0.05) is 12.1 Å². The van der Waals surface area contributed by atoms with E-state index in [0.717, 1.165) is 17.2 Å². The summed E-state index contributed by atoms with van der Waals surface area (Å²) in [5, 5.41) is 0. The standard InChI is InChI=1S/C16H17O2/c1-16(2,3)18-15-11-9-14(10-12-15)17-13-7-5-4-6-8-13/h4-5,7-12H,1-3H3. The van der Waals surface area contributed by atoms with Crippen LogP contribution in [0.15, 0.2) is 48.5 Å². The van der Waals surface area contributed by atoms with Gasteiger partial charge in [0.15, 0.2) is 0 Å². The molecule has 0 fully saturated rings. The highest BCUT2D eigenvalue weighted by molar-refractivity contribution is 5.35. The van der Waals surface area contributed by atoms with Gasteiger partial charge in [0.2, 0.25) is 0 Å². The molecule has 0 unspecified atom stereocenters. The minimum absolute atomic E-state index is 0.184. The number of benzene rings is 2. The highest BCUT2D eigenvalue weighted by Gasteiger charge is 2.11. The molecule has 93 valence electrons. The summed E-state index contributed by atoms with van der Waals surface area (Å²) < 4.78 is 11.4. The predicted molar refractivity (Wildman–Crippen MR) is 72.2 cm³/mol. The predicted octanol–water partition coefficient (Wildman–Crippen LogP) is 4.46. The Morgan fingerprint density at radius 1 is 0.889 bits per heavy atom. The minimum atomic E-state index is -0.184. The lowest BCUT2D eigenvalue weighted by molar-refractivity contribution is 0.131. The number of hydrogen-bond donors (Lipinski definition) is 0. The molecule has 2 rings (SSSR count). The van der Waals surface area contributed by atoms with E-state index in [1.807, 2.05) is 63.2 Å². The van der Waals surface area contributed by atoms with E-state index < -0.39 is 0 Å². The SMILES string of the molecule is CC(C)(C)Oc1ccc(Oc2c[c]ccc2)cc1. The maximum Gasteiger partial charge on any atom is 0.128 e. The summed E-state index contributed by atoms with van der Waals surface area (Å²) in [6.07, 6.45) is 0. The molecule has 1 radical (unpaired) electrons. The molecule has 0 saturated carbocycles. The summed E-state index contributed by atoms with van der Waals surface area (Å²) >= 11 is 0. The molecule has 0 spiro atoms. The van der Waals surface area contributed by atoms with Gasteiger partial charge in [0.05, 0.1) is 0 Å². The van der Waals surface area contributed by atoms with Gasteiger partial charge in [0, 0.05) is 0 Å². The molecule has 2 aromatic rings. The Hall–Kier alpha value is -1.96. The highest BCUT2D eigenvalue weighted by atomic mass is 16.5. The average molecular weight is 241 g/mol. The molecule has 2 nitrogen and oxygen atoms in total. The fourth-order valence-corrected chi connectivity index (χ4v) is 1.51. The third kappa shape index (κ3) is 3.81. The Balaban J connectivity index is 2.04. The fraction of sp³-hybridized carbons (Fsp3) is 0.250. The van der Waals surface area contributed by atoms with Gasteiger partial charge in [-0.2, -0.15) is 0 Å². The summed E-state index contributed by atoms with van der Waals surface area (Å²) in [5.41, 5.74) is -0.184. The van der Waals surface area contributed by atoms with Crippen LogP contribution in [0.2, 0.25) is 0 Å². The van der Waals surface area contributed by atoms with Crippen LogP contribution in [0.4, 0.5) is 0 Å². The number of rotatable bonds is 3. The van der Waals surface area contributed by atoms with Crippen LogP contribution in [0, 0.1) is 6.07 Å². The lowest BCUT2D eigenvalue weighted by atomic mass is 10.2. The Morgan fingerprint density at radius 2 is 1.56 bits per heavy atom. The fourth-order valence-electron chi connectivity index (χ4n) is 1.51. The van der Waals surface area contributed by atoms with Crippen molar-refractivity contribution in [3.05, 3.63) is 54.6 Å². The maximum atomic E-state index is 5.75. The Morgan fingerprint density at radius 3 is 2.11 bits per heavy atom. The largest absolute Gasteiger partial charge is 0.488 e. The summed E-state index contributed by atoms with van der Waals surface area (Å²) in [6, 6.07) is 18.0. The molecule has 2 aromatic carbocycles. The second kappa shape index (κ2) is 5.13. The monoisotopic (exact) mass is 241 g/mol. The van der Waals surface area contributed by atoms with Gasteiger partial charge in [-0.15, -0.1) is 0 Å². The minimum Gasteiger partial charge on any atom is -0.488 e. The molecule has 0 saturated heterocycles. The average Bonchev–Trinajstić information content (AvgIpc) is 2.31. The van der Waals surface area contributed by atoms with Crippen LogP contribution in [-0.2, 0) is 0 Å². The van der Waals surface area contributed by atoms with Crippen molar-refractivity contribution >= 4 is 0 Å². The van der Waals surface area contributed by atoms with Gasteiger partial charge < -0.3 is 9.47 Å². The molecule has 0 bridgehead atoms. The van der Waals surface area contributed by atoms with Gasteiger partial charge in [0.1, 0.15) is 22.8 Å². The van der Waals surface area contributed by atoms with Crippen LogP contribution in [0.5, 0.6) is 17.2 Å². The van der Waals surface area contributed by atoms with Gasteiger partial charge >= 0.3 is 0 Å². The molecule has 0 aliphatic heterocycles. The Bertz CT molecular complexity index is 481. The zero-order valence-corrected chi connectivity index (χ0v) is 10.9. The summed E-state index contributed by atoms with van der Waals surface area (Å²) in [6.45, 7) is 6.08. The smallest absolute Gasteiger partial charge is 0.128 e. The van der Waals surface area contributed by atoms with Crippen LogP contribution < -0.4 is 9.47 Å². The number of hydrogen-bond acceptors (Lipinski definition) is 2. The summed E-state index contributed by atoms with van der Waals surface area (Å²) in [5.74, 6) is 2.41. The molecule has 0 N–H and O–H groups in total. The van der Waals surface area contributed by atoms with Crippen LogP contribution in [0.25, 0.3) is 0 Å². The van der Waals surface area contributed by atoms with E-state index in [-0.39, 0.29) is 5.60 Å². The molecule has 0 heterocycles. The zero-order chi connectivity index (χ0) is 13.0. The third-order valence-corrected chi connectivity index (χ3v) is 2.16. The van der Waals surface area contributed by atoms with Crippen molar-refractivity contribution in [1.29, 1.82) is 0 Å². The van der Waals surface area contributed by atoms with Crippen molar-refractivity contribution in [3.8, 4) is 17.2 Å². The third-order valence-electron chi connectivity index (χ3n) is 2.16. The first-order valence-electron chi connectivity index (χ1n) is 5.96. The van der Waals surface area contributed by atoms with Gasteiger partial charge in [0.25, 0.3) is 0 Å². The van der Waals surface area contributed by atoms with Crippen molar-refractivity contribution in [2.24, 2.45) is 0 Å². The van der Waals surface area contributed by atoms with E-state index in [1.165, 1.54) is 0 Å². The topological polar surface area (TPSA) is 18.5 Å². The van der Waals surface area contributed by atoms with Crippen molar-refractivity contribution in [2.75, 3.05) is 0 Å². The van der Waals surface area contributed by atoms with Crippen LogP contribution in [0.3, 0.4) is 0 Å². The van der Waals surface area contributed by atoms with Gasteiger partial charge in [-0.05, 0) is 63.2 Å². The van der Waals surface area contributed by atoms with Crippen LogP contribution in [0.1, 0.15) is 20.8 Å². The molecule has 0 amide bonds. The van der Waals surface area contributed by atoms with Crippen LogP contribution in [-0.4, -0.2) is 5.60 Å². The van der Waals surface area contributed by atoms with Crippen molar-refractivity contribution in [1.82, 2.24) is 0 Å². The molecule has 0 aromatic heterocycles. The molecular formula is C16H17O2. The normalized spacial score (nSPS) is 11.1. The van der Waals surface area contributed by atoms with Gasteiger partial charge in [-0.3, -0.25) is 0 Å². The van der Waals surface area contributed by atoms with Crippen molar-refractivity contribution in [2.45, 2.75) is 26.4 Å². The van der Waals surface area contributed by atoms with Crippen molar-refractivity contribution in [3.63, 3.8) is 0 Å². The van der Waals surface area contributed by atoms with E-state index in [2.05, 4.69) is 6.07 Å². The van der Waals surface area contributed by atoms with E-state index >= 15 is 0 Å². The number of ether oxygens (including phenoxy) is 2. The second-order valence-electron chi connectivity index (χ2n) is 5.03. The van der Waals surface area contributed by atoms with E-state index in [9.17, 15) is 0 Å². The van der Waals surface area contributed by atoms with Gasteiger partial charge in [-0.25, -0.2) is 0 Å². The zero-order valence-electron chi connectivity index (χ0n) is 10.9. The first-order valence-corrected chi connectivity index (χ1v) is 5.96. The summed E-state index contributed by atoms with van der Waals surface area (Å²) in [4.78, 5) is 0. The maximum absolute atomic E-state index is 5.75. The molecule has 18 heavy (non-hydrogen) atoms. The lowest BCUT2D eigenvalue weighted by Crippen LogP contribution is -2.22. The molecule has 0 aliphatic carbocycles. The molecular weight excluding hydrogens is 224 g/mol. The first-order chi connectivity index (χ1) is 8.53. The Labute approximate surface area is 108 Å². The second-order valence-corrected chi connectivity index (χ2v) is 5.03. The quantitative estimate of drug-likeness (QED) is 0.790. The van der Waals surface area contributed by atoms with Crippen molar-refractivity contribution < 1.29 is 9.47 Å². The van der Waals surface area contributed by atoms with E-state index in [0.29, 0.717) is 0 Å². The lowest BCUT2D eigenvalue weighted by Gasteiger charge is -2.21. The van der Waals surface area contributed by atoms with E-state index in [4.69, 9.17) is 9.47 Å². The Kier molecular flexibility index (Phi) is 3.56. The molecule has 2 heteroatoms. The van der Waals surface area contributed by atoms with Crippen LogP contribution >= 0.6 is 0 Å². The molecule has 0 atom stereocenters.